The van der Waals surface area contributed by atoms with Crippen LogP contribution in [-0.2, 0) is 0 Å². The molecule has 1 unspecified atom stereocenters. The normalized spacial score (nSPS) is 13.1. The van der Waals surface area contributed by atoms with E-state index in [1.165, 1.54) is 13.8 Å². The van der Waals surface area contributed by atoms with E-state index in [4.69, 9.17) is 11.5 Å². The van der Waals surface area contributed by atoms with Crippen molar-refractivity contribution in [2.75, 3.05) is 11.1 Å². The molecule has 0 aliphatic carbocycles. The number of amides is 1. The zero-order valence-electron chi connectivity index (χ0n) is 10.8. The molecular formula is C11H14F3N3O2S. The Morgan fingerprint density at radius 1 is 1.40 bits per heavy atom. The maximum Gasteiger partial charge on any atom is 0.391 e. The van der Waals surface area contributed by atoms with Crippen molar-refractivity contribution < 1.29 is 22.8 Å². The number of anilines is 2. The number of Topliss-reactive ketones (excluding diaryl/α,β-unsaturated/α-hetero) is 1. The highest BCUT2D eigenvalue weighted by molar-refractivity contribution is 7.19. The van der Waals surface area contributed by atoms with E-state index in [0.29, 0.717) is 0 Å². The smallest absolute Gasteiger partial charge is 0.391 e. The van der Waals surface area contributed by atoms with Gasteiger partial charge < -0.3 is 16.8 Å². The van der Waals surface area contributed by atoms with Gasteiger partial charge in [-0.1, -0.05) is 0 Å². The maximum atomic E-state index is 12.3. The molecular weight excluding hydrogens is 295 g/mol. The van der Waals surface area contributed by atoms with Gasteiger partial charge in [0.1, 0.15) is 5.00 Å². The van der Waals surface area contributed by atoms with Crippen LogP contribution in [0.4, 0.5) is 23.9 Å². The van der Waals surface area contributed by atoms with Crippen molar-refractivity contribution in [2.24, 2.45) is 5.73 Å². The van der Waals surface area contributed by atoms with E-state index in [1.54, 1.807) is 0 Å². The first-order valence-corrected chi connectivity index (χ1v) is 6.41. The Balaban J connectivity index is 3.09. The molecule has 1 aromatic rings. The molecule has 5 nitrogen and oxygen atoms in total. The number of thiophene rings is 1. The molecule has 1 amide bonds. The summed E-state index contributed by atoms with van der Waals surface area (Å²) < 4.78 is 36.8. The van der Waals surface area contributed by atoms with E-state index in [2.05, 4.69) is 5.32 Å². The maximum absolute atomic E-state index is 12.3. The van der Waals surface area contributed by atoms with Crippen LogP contribution in [-0.4, -0.2) is 23.9 Å². The van der Waals surface area contributed by atoms with Crippen molar-refractivity contribution in [3.8, 4) is 0 Å². The summed E-state index contributed by atoms with van der Waals surface area (Å²) in [5.74, 6) is -1.28. The predicted octanol–water partition coefficient (Wildman–Crippen LogP) is 2.38. The highest BCUT2D eigenvalue weighted by Crippen LogP contribution is 2.37. The molecule has 0 fully saturated rings. The fraction of sp³-hybridized carbons (Fsp3) is 0.455. The summed E-state index contributed by atoms with van der Waals surface area (Å²) in [7, 11) is 0. The number of ketones is 1. The van der Waals surface area contributed by atoms with Gasteiger partial charge in [0.2, 0.25) is 0 Å². The minimum atomic E-state index is -4.34. The minimum absolute atomic E-state index is 0.0805. The van der Waals surface area contributed by atoms with Crippen molar-refractivity contribution in [3.63, 3.8) is 0 Å². The first-order chi connectivity index (χ1) is 9.03. The van der Waals surface area contributed by atoms with Gasteiger partial charge in [0.25, 0.3) is 5.91 Å². The SMILES string of the molecule is CC(=O)c1sc(NC(C)CC(F)(F)F)c(C(N)=O)c1N. The number of alkyl halides is 3. The van der Waals surface area contributed by atoms with Gasteiger partial charge in [0, 0.05) is 13.0 Å². The first kappa shape index (κ1) is 16.3. The lowest BCUT2D eigenvalue weighted by molar-refractivity contribution is -0.136. The van der Waals surface area contributed by atoms with Crippen molar-refractivity contribution in [3.05, 3.63) is 10.4 Å². The molecule has 1 heterocycles. The number of carbonyl (C=O) groups is 2. The number of rotatable bonds is 5. The minimum Gasteiger partial charge on any atom is -0.397 e. The monoisotopic (exact) mass is 309 g/mol. The Morgan fingerprint density at radius 3 is 2.35 bits per heavy atom. The molecule has 1 aromatic heterocycles. The van der Waals surface area contributed by atoms with E-state index >= 15 is 0 Å². The molecule has 112 valence electrons. The van der Waals surface area contributed by atoms with E-state index in [-0.39, 0.29) is 26.9 Å². The molecule has 1 atom stereocenters. The molecule has 0 aromatic carbocycles. The van der Waals surface area contributed by atoms with Crippen LogP contribution in [0, 0.1) is 0 Å². The van der Waals surface area contributed by atoms with Gasteiger partial charge >= 0.3 is 6.18 Å². The van der Waals surface area contributed by atoms with Gasteiger partial charge in [-0.3, -0.25) is 9.59 Å². The Bertz CT molecular complexity index is 540. The van der Waals surface area contributed by atoms with Crippen molar-refractivity contribution in [1.29, 1.82) is 0 Å². The van der Waals surface area contributed by atoms with Crippen LogP contribution in [0.1, 0.15) is 40.3 Å². The number of nitrogen functional groups attached to an aromatic ring is 1. The molecule has 0 aliphatic rings. The largest absolute Gasteiger partial charge is 0.397 e. The molecule has 0 saturated carbocycles. The van der Waals surface area contributed by atoms with E-state index in [0.717, 1.165) is 11.3 Å². The summed E-state index contributed by atoms with van der Waals surface area (Å²) in [5.41, 5.74) is 10.5. The van der Waals surface area contributed by atoms with Crippen LogP contribution in [0.15, 0.2) is 0 Å². The van der Waals surface area contributed by atoms with Gasteiger partial charge in [-0.15, -0.1) is 11.3 Å². The van der Waals surface area contributed by atoms with Gasteiger partial charge in [-0.25, -0.2) is 0 Å². The average molecular weight is 309 g/mol. The topological polar surface area (TPSA) is 98.2 Å². The fourth-order valence-electron chi connectivity index (χ4n) is 1.67. The lowest BCUT2D eigenvalue weighted by Crippen LogP contribution is -2.25. The lowest BCUT2D eigenvalue weighted by atomic mass is 10.2. The summed E-state index contributed by atoms with van der Waals surface area (Å²) in [6, 6.07) is -0.981. The number of carbonyl (C=O) groups excluding carboxylic acids is 2. The Morgan fingerprint density at radius 2 is 1.95 bits per heavy atom. The first-order valence-electron chi connectivity index (χ1n) is 5.59. The summed E-state index contributed by atoms with van der Waals surface area (Å²) in [6.45, 7) is 2.55. The Labute approximate surface area is 117 Å². The average Bonchev–Trinajstić information content (AvgIpc) is 2.52. The molecule has 0 saturated heterocycles. The number of hydrogen-bond donors (Lipinski definition) is 3. The Hall–Kier alpha value is -1.77. The summed E-state index contributed by atoms with van der Waals surface area (Å²) >= 11 is 0.823. The molecule has 5 N–H and O–H groups in total. The quantitative estimate of drug-likeness (QED) is 0.727. The molecule has 0 radical (unpaired) electrons. The summed E-state index contributed by atoms with van der Waals surface area (Å²) in [6.07, 6.45) is -5.43. The van der Waals surface area contributed by atoms with Crippen LogP contribution in [0.3, 0.4) is 0 Å². The van der Waals surface area contributed by atoms with E-state index < -0.39 is 24.5 Å². The van der Waals surface area contributed by atoms with Crippen LogP contribution < -0.4 is 16.8 Å². The van der Waals surface area contributed by atoms with Crippen molar-refractivity contribution in [2.45, 2.75) is 32.5 Å². The van der Waals surface area contributed by atoms with Crippen molar-refractivity contribution >= 4 is 33.7 Å². The number of halogens is 3. The second-order valence-corrected chi connectivity index (χ2v) is 5.35. The molecule has 0 bridgehead atoms. The van der Waals surface area contributed by atoms with Gasteiger partial charge in [0.15, 0.2) is 5.78 Å². The summed E-state index contributed by atoms with van der Waals surface area (Å²) in [5, 5.41) is 2.61. The van der Waals surface area contributed by atoms with Crippen LogP contribution in [0.25, 0.3) is 0 Å². The second-order valence-electron chi connectivity index (χ2n) is 4.33. The molecule has 9 heteroatoms. The highest BCUT2D eigenvalue weighted by atomic mass is 32.1. The zero-order valence-corrected chi connectivity index (χ0v) is 11.6. The van der Waals surface area contributed by atoms with E-state index in [9.17, 15) is 22.8 Å². The third-order valence-electron chi connectivity index (χ3n) is 2.43. The highest BCUT2D eigenvalue weighted by Gasteiger charge is 2.31. The number of hydrogen-bond acceptors (Lipinski definition) is 5. The third kappa shape index (κ3) is 3.86. The van der Waals surface area contributed by atoms with Gasteiger partial charge in [0.05, 0.1) is 22.5 Å². The predicted molar refractivity (Wildman–Crippen MR) is 71.0 cm³/mol. The van der Waals surface area contributed by atoms with Gasteiger partial charge in [-0.2, -0.15) is 13.2 Å². The fourth-order valence-corrected chi connectivity index (χ4v) is 2.81. The zero-order chi connectivity index (χ0) is 15.7. The second kappa shape index (κ2) is 5.70. The van der Waals surface area contributed by atoms with Crippen LogP contribution in [0.5, 0.6) is 0 Å². The number of nitrogens with one attached hydrogen (secondary N) is 1. The molecule has 1 rings (SSSR count). The Kier molecular flexibility index (Phi) is 4.64. The van der Waals surface area contributed by atoms with Gasteiger partial charge in [-0.05, 0) is 6.92 Å². The summed E-state index contributed by atoms with van der Waals surface area (Å²) in [4.78, 5) is 22.8. The van der Waals surface area contributed by atoms with Crippen molar-refractivity contribution in [1.82, 2.24) is 0 Å². The third-order valence-corrected chi connectivity index (χ3v) is 3.66. The standard InChI is InChI=1S/C11H14F3N3O2S/c1-4(3-11(12,13)14)17-10-6(9(16)19)7(15)8(20-10)5(2)18/h4,17H,3,15H2,1-2H3,(H2,16,19). The number of primary amides is 1. The molecule has 0 spiro atoms. The van der Waals surface area contributed by atoms with E-state index in [1.807, 2.05) is 0 Å². The van der Waals surface area contributed by atoms with Crippen LogP contribution >= 0.6 is 11.3 Å². The molecule has 0 aliphatic heterocycles. The lowest BCUT2D eigenvalue weighted by Gasteiger charge is -2.16. The molecule has 20 heavy (non-hydrogen) atoms. The number of nitrogens with two attached hydrogens (primary N) is 2. The van der Waals surface area contributed by atoms with Crippen LogP contribution in [0.2, 0.25) is 0 Å².